The van der Waals surface area contributed by atoms with Crippen molar-refractivity contribution in [1.29, 1.82) is 0 Å². The fraction of sp³-hybridized carbons (Fsp3) is 0.741. The summed E-state index contributed by atoms with van der Waals surface area (Å²) in [6, 6.07) is -1.24. The summed E-state index contributed by atoms with van der Waals surface area (Å²) in [5, 5.41) is 10.2. The van der Waals surface area contributed by atoms with Crippen LogP contribution in [0.15, 0.2) is 25.3 Å². The number of aliphatic hydroxyl groups is 1. The first-order valence-electron chi connectivity index (χ1n) is 13.6. The topological polar surface area (TPSA) is 93.6 Å². The molecule has 0 aromatic rings. The van der Waals surface area contributed by atoms with E-state index in [2.05, 4.69) is 34.0 Å². The molecule has 0 aromatic carbocycles. The smallest absolute Gasteiger partial charge is 0.247 e. The SMILES string of the molecule is C=CCN(C)C(=O)[C@H]1[C@@H]2SC3(CC2Br)C(C(=O)N(CC=C)CCN2CCOCC2)N([C@@H](CC)CO)C(=O)[C@H]13. The average molecular weight is 614 g/mol. The Hall–Kier alpha value is -1.40. The van der Waals surface area contributed by atoms with E-state index < -0.39 is 28.7 Å². The van der Waals surface area contributed by atoms with E-state index >= 15 is 0 Å². The van der Waals surface area contributed by atoms with Crippen LogP contribution >= 0.6 is 27.7 Å². The Morgan fingerprint density at radius 3 is 2.55 bits per heavy atom. The number of alkyl halides is 1. The Labute approximate surface area is 238 Å². The molecule has 0 saturated carbocycles. The van der Waals surface area contributed by atoms with E-state index in [4.69, 9.17) is 4.74 Å². The van der Waals surface area contributed by atoms with Crippen LogP contribution in [-0.4, -0.2) is 135 Å². The van der Waals surface area contributed by atoms with Crippen molar-refractivity contribution < 1.29 is 24.2 Å². The van der Waals surface area contributed by atoms with E-state index in [1.54, 1.807) is 45.7 Å². The quantitative estimate of drug-likeness (QED) is 0.262. The predicted octanol–water partition coefficient (Wildman–Crippen LogP) is 1.21. The molecular formula is C27H41BrN4O5S. The molecule has 0 aliphatic carbocycles. The van der Waals surface area contributed by atoms with Gasteiger partial charge in [-0.3, -0.25) is 19.3 Å². The van der Waals surface area contributed by atoms with Gasteiger partial charge in [0, 0.05) is 56.4 Å². The molecule has 4 aliphatic rings. The number of thioether (sulfide) groups is 1. The number of rotatable bonds is 12. The number of morpholine rings is 1. The third kappa shape index (κ3) is 5.09. The van der Waals surface area contributed by atoms with E-state index in [-0.39, 0.29) is 34.4 Å². The zero-order valence-electron chi connectivity index (χ0n) is 22.5. The minimum absolute atomic E-state index is 0.00767. The Kier molecular flexibility index (Phi) is 9.66. The van der Waals surface area contributed by atoms with Crippen molar-refractivity contribution >= 4 is 45.4 Å². The monoisotopic (exact) mass is 612 g/mol. The largest absolute Gasteiger partial charge is 0.394 e. The van der Waals surface area contributed by atoms with Crippen molar-refractivity contribution in [3.63, 3.8) is 0 Å². The van der Waals surface area contributed by atoms with E-state index in [0.29, 0.717) is 52.2 Å². The van der Waals surface area contributed by atoms with E-state index in [1.165, 1.54) is 0 Å². The lowest BCUT2D eigenvalue weighted by Crippen LogP contribution is -2.58. The maximum atomic E-state index is 14.5. The number of carbonyl (C=O) groups is 3. The minimum atomic E-state index is -0.751. The van der Waals surface area contributed by atoms with Crippen molar-refractivity contribution in [3.05, 3.63) is 25.3 Å². The lowest BCUT2D eigenvalue weighted by Gasteiger charge is -2.40. The zero-order chi connectivity index (χ0) is 27.6. The third-order valence-corrected chi connectivity index (χ3v) is 11.8. The van der Waals surface area contributed by atoms with Crippen LogP contribution in [0.3, 0.4) is 0 Å². The average Bonchev–Trinajstić information content (AvgIpc) is 3.51. The third-order valence-electron chi connectivity index (χ3n) is 8.55. The second-order valence-electron chi connectivity index (χ2n) is 10.7. The summed E-state index contributed by atoms with van der Waals surface area (Å²) in [6.07, 6.45) is 4.54. The van der Waals surface area contributed by atoms with Crippen LogP contribution in [0.1, 0.15) is 19.8 Å². The standard InChI is InChI=1S/C27H41BrN4O5S/c1-5-8-29(4)24(34)20-21-25(35)32(18(7-3)17-33)23(27(21)16-19(28)22(20)38-27)26(36)31(9-6-2)11-10-30-12-14-37-15-13-30/h5-6,18-23,33H,1-2,7-17H2,3-4H3/t18-,19?,20+,21-,22+,23?,27?/m0/s1. The molecule has 4 fully saturated rings. The molecule has 4 rings (SSSR count). The van der Waals surface area contributed by atoms with Gasteiger partial charge in [-0.1, -0.05) is 35.0 Å². The molecule has 4 saturated heterocycles. The first-order chi connectivity index (χ1) is 18.2. The molecule has 1 spiro atoms. The summed E-state index contributed by atoms with van der Waals surface area (Å²) in [6.45, 7) is 14.3. The highest BCUT2D eigenvalue weighted by Crippen LogP contribution is 2.68. The summed E-state index contributed by atoms with van der Waals surface area (Å²) < 4.78 is 4.73. The molecule has 2 bridgehead atoms. The number of hydrogen-bond donors (Lipinski definition) is 1. The fourth-order valence-electron chi connectivity index (χ4n) is 6.68. The maximum Gasteiger partial charge on any atom is 0.247 e. The van der Waals surface area contributed by atoms with Crippen LogP contribution in [-0.2, 0) is 19.1 Å². The highest BCUT2D eigenvalue weighted by molar-refractivity contribution is 9.09. The Bertz CT molecular complexity index is 929. The Morgan fingerprint density at radius 1 is 1.26 bits per heavy atom. The Balaban J connectivity index is 1.70. The molecule has 0 radical (unpaired) electrons. The molecule has 38 heavy (non-hydrogen) atoms. The number of fused-ring (bicyclic) bond motifs is 1. The normalized spacial score (nSPS) is 33.2. The summed E-state index contributed by atoms with van der Waals surface area (Å²) in [5.41, 5.74) is 0. The van der Waals surface area contributed by atoms with Gasteiger partial charge in [-0.15, -0.1) is 24.9 Å². The number of aliphatic hydroxyl groups excluding tert-OH is 1. The first kappa shape index (κ1) is 29.6. The first-order valence-corrected chi connectivity index (χ1v) is 15.4. The molecule has 4 aliphatic heterocycles. The van der Waals surface area contributed by atoms with Crippen LogP contribution in [0.25, 0.3) is 0 Å². The van der Waals surface area contributed by atoms with Crippen molar-refractivity contribution in [2.75, 3.05) is 66.1 Å². The van der Waals surface area contributed by atoms with Crippen LogP contribution in [0.5, 0.6) is 0 Å². The van der Waals surface area contributed by atoms with E-state index in [0.717, 1.165) is 13.1 Å². The van der Waals surface area contributed by atoms with Gasteiger partial charge in [0.25, 0.3) is 0 Å². The van der Waals surface area contributed by atoms with Gasteiger partial charge in [0.05, 0.1) is 42.4 Å². The molecule has 3 unspecified atom stereocenters. The highest BCUT2D eigenvalue weighted by Gasteiger charge is 2.76. The van der Waals surface area contributed by atoms with Crippen LogP contribution < -0.4 is 0 Å². The second kappa shape index (κ2) is 12.4. The number of hydrogen-bond acceptors (Lipinski definition) is 7. The van der Waals surface area contributed by atoms with Crippen molar-refractivity contribution in [3.8, 4) is 0 Å². The van der Waals surface area contributed by atoms with Crippen LogP contribution in [0, 0.1) is 11.8 Å². The maximum absolute atomic E-state index is 14.5. The molecule has 212 valence electrons. The minimum Gasteiger partial charge on any atom is -0.394 e. The molecule has 3 amide bonds. The van der Waals surface area contributed by atoms with Crippen molar-refractivity contribution in [1.82, 2.24) is 19.6 Å². The van der Waals surface area contributed by atoms with Crippen molar-refractivity contribution in [2.24, 2.45) is 11.8 Å². The molecule has 0 aromatic heterocycles. The summed E-state index contributed by atoms with van der Waals surface area (Å²) in [5.74, 6) is -1.54. The number of halogens is 1. The number of nitrogens with zero attached hydrogens (tertiary/aromatic N) is 4. The second-order valence-corrected chi connectivity index (χ2v) is 13.4. The number of likely N-dealkylation sites (tertiary alicyclic amines) is 1. The van der Waals surface area contributed by atoms with Gasteiger partial charge >= 0.3 is 0 Å². The molecule has 11 heteroatoms. The van der Waals surface area contributed by atoms with Gasteiger partial charge in [0.1, 0.15) is 6.04 Å². The van der Waals surface area contributed by atoms with Gasteiger partial charge in [-0.05, 0) is 12.8 Å². The van der Waals surface area contributed by atoms with Gasteiger partial charge in [0.15, 0.2) is 0 Å². The van der Waals surface area contributed by atoms with Gasteiger partial charge in [-0.25, -0.2) is 0 Å². The molecule has 4 heterocycles. The van der Waals surface area contributed by atoms with Crippen molar-refractivity contribution in [2.45, 2.75) is 46.7 Å². The molecular weight excluding hydrogens is 572 g/mol. The van der Waals surface area contributed by atoms with Crippen LogP contribution in [0.4, 0.5) is 0 Å². The lowest BCUT2D eigenvalue weighted by molar-refractivity contribution is -0.146. The van der Waals surface area contributed by atoms with E-state index in [1.807, 2.05) is 6.92 Å². The molecule has 9 nitrogen and oxygen atoms in total. The van der Waals surface area contributed by atoms with Crippen LogP contribution in [0.2, 0.25) is 0 Å². The highest BCUT2D eigenvalue weighted by atomic mass is 79.9. The summed E-state index contributed by atoms with van der Waals surface area (Å²) in [7, 11) is 1.73. The van der Waals surface area contributed by atoms with Gasteiger partial charge in [0.2, 0.25) is 17.7 Å². The summed E-state index contributed by atoms with van der Waals surface area (Å²) >= 11 is 5.44. The molecule has 7 atom stereocenters. The zero-order valence-corrected chi connectivity index (χ0v) is 24.9. The number of carbonyl (C=O) groups excluding carboxylic acids is 3. The van der Waals surface area contributed by atoms with Gasteiger partial charge in [-0.2, -0.15) is 0 Å². The number of ether oxygens (including phenoxy) is 1. The summed E-state index contributed by atoms with van der Waals surface area (Å²) in [4.78, 5) is 49.7. The lowest BCUT2D eigenvalue weighted by atomic mass is 9.70. The van der Waals surface area contributed by atoms with Gasteiger partial charge < -0.3 is 24.5 Å². The number of amides is 3. The predicted molar refractivity (Wildman–Crippen MR) is 152 cm³/mol. The fourth-order valence-corrected chi connectivity index (χ4v) is 10.3. The Morgan fingerprint density at radius 2 is 1.95 bits per heavy atom. The number of likely N-dealkylation sites (N-methyl/N-ethyl adjacent to an activating group) is 1. The molecule has 1 N–H and O–H groups in total. The van der Waals surface area contributed by atoms with E-state index in [9.17, 15) is 19.5 Å².